The first kappa shape index (κ1) is 13.0. The normalized spacial score (nSPS) is 13.5. The molecular weight excluding hydrogens is 196 g/mol. The van der Waals surface area contributed by atoms with Crippen molar-refractivity contribution in [1.29, 1.82) is 0 Å². The minimum Gasteiger partial charge on any atom is -0.294 e. The average molecular weight is 218 g/mol. The first-order chi connectivity index (χ1) is 7.45. The van der Waals surface area contributed by atoms with E-state index in [2.05, 4.69) is 27.7 Å². The fraction of sp³-hybridized carbons (Fsp3) is 0.533. The molecule has 0 amide bonds. The quantitative estimate of drug-likeness (QED) is 0.687. The average Bonchev–Trinajstić information content (AvgIpc) is 2.25. The maximum absolute atomic E-state index is 12.1. The Morgan fingerprint density at radius 1 is 1.19 bits per heavy atom. The van der Waals surface area contributed by atoms with Crippen molar-refractivity contribution in [2.75, 3.05) is 0 Å². The van der Waals surface area contributed by atoms with Crippen molar-refractivity contribution >= 4 is 5.78 Å². The summed E-state index contributed by atoms with van der Waals surface area (Å²) in [5.41, 5.74) is 1.05. The SMILES string of the molecule is CCC(CC(=O)c1ccccc1)C(C)(C)C. The van der Waals surface area contributed by atoms with Crippen LogP contribution in [-0.2, 0) is 0 Å². The van der Waals surface area contributed by atoms with Gasteiger partial charge in [0.05, 0.1) is 0 Å². The van der Waals surface area contributed by atoms with Gasteiger partial charge in [0.1, 0.15) is 0 Å². The van der Waals surface area contributed by atoms with Gasteiger partial charge in [0.15, 0.2) is 5.78 Å². The molecular formula is C15H22O. The molecule has 1 aromatic rings. The number of rotatable bonds is 4. The molecule has 0 aromatic heterocycles. The van der Waals surface area contributed by atoms with E-state index in [1.807, 2.05) is 30.3 Å². The van der Waals surface area contributed by atoms with Gasteiger partial charge in [-0.25, -0.2) is 0 Å². The van der Waals surface area contributed by atoms with Gasteiger partial charge in [-0.1, -0.05) is 64.4 Å². The molecule has 1 aromatic carbocycles. The fourth-order valence-electron chi connectivity index (χ4n) is 2.03. The van der Waals surface area contributed by atoms with E-state index < -0.39 is 0 Å². The van der Waals surface area contributed by atoms with Crippen LogP contribution < -0.4 is 0 Å². The van der Waals surface area contributed by atoms with Gasteiger partial charge in [-0.2, -0.15) is 0 Å². The molecule has 0 aliphatic carbocycles. The van der Waals surface area contributed by atoms with Crippen molar-refractivity contribution in [3.8, 4) is 0 Å². The molecule has 1 rings (SSSR count). The summed E-state index contributed by atoms with van der Waals surface area (Å²) < 4.78 is 0. The maximum atomic E-state index is 12.1. The molecule has 1 nitrogen and oxygen atoms in total. The fourth-order valence-corrected chi connectivity index (χ4v) is 2.03. The summed E-state index contributed by atoms with van der Waals surface area (Å²) in [5.74, 6) is 0.725. The summed E-state index contributed by atoms with van der Waals surface area (Å²) in [6, 6.07) is 9.59. The lowest BCUT2D eigenvalue weighted by atomic mass is 9.76. The van der Waals surface area contributed by atoms with Crippen LogP contribution >= 0.6 is 0 Å². The Morgan fingerprint density at radius 2 is 1.75 bits per heavy atom. The number of hydrogen-bond donors (Lipinski definition) is 0. The summed E-state index contributed by atoms with van der Waals surface area (Å²) in [7, 11) is 0. The van der Waals surface area contributed by atoms with Crippen molar-refractivity contribution in [1.82, 2.24) is 0 Å². The van der Waals surface area contributed by atoms with Crippen LogP contribution in [0.25, 0.3) is 0 Å². The van der Waals surface area contributed by atoms with Crippen LogP contribution in [0.2, 0.25) is 0 Å². The molecule has 88 valence electrons. The highest BCUT2D eigenvalue weighted by Gasteiger charge is 2.25. The lowest BCUT2D eigenvalue weighted by Gasteiger charge is -2.29. The molecule has 1 atom stereocenters. The van der Waals surface area contributed by atoms with Crippen LogP contribution in [-0.4, -0.2) is 5.78 Å². The zero-order chi connectivity index (χ0) is 12.2. The summed E-state index contributed by atoms with van der Waals surface area (Å²) in [5, 5.41) is 0. The standard InChI is InChI=1S/C15H22O/c1-5-13(15(2,3)4)11-14(16)12-9-7-6-8-10-12/h6-10,13H,5,11H2,1-4H3. The van der Waals surface area contributed by atoms with Crippen molar-refractivity contribution in [2.24, 2.45) is 11.3 Å². The first-order valence-corrected chi connectivity index (χ1v) is 6.03. The van der Waals surface area contributed by atoms with Gasteiger partial charge in [-0.15, -0.1) is 0 Å². The predicted molar refractivity (Wildman–Crippen MR) is 68.6 cm³/mol. The highest BCUT2D eigenvalue weighted by Crippen LogP contribution is 2.32. The molecule has 0 saturated heterocycles. The maximum Gasteiger partial charge on any atom is 0.163 e. The molecule has 0 saturated carbocycles. The van der Waals surface area contributed by atoms with E-state index in [9.17, 15) is 4.79 Å². The Labute approximate surface area is 98.9 Å². The van der Waals surface area contributed by atoms with Crippen LogP contribution in [0.1, 0.15) is 50.9 Å². The predicted octanol–water partition coefficient (Wildman–Crippen LogP) is 4.33. The van der Waals surface area contributed by atoms with E-state index in [0.29, 0.717) is 12.3 Å². The van der Waals surface area contributed by atoms with Gasteiger partial charge in [0.2, 0.25) is 0 Å². The Kier molecular flexibility index (Phi) is 4.28. The minimum absolute atomic E-state index is 0.208. The number of Topliss-reactive ketones (excluding diaryl/α,β-unsaturated/α-hetero) is 1. The molecule has 0 fully saturated rings. The van der Waals surface area contributed by atoms with E-state index in [4.69, 9.17) is 0 Å². The lowest BCUT2D eigenvalue weighted by Crippen LogP contribution is -2.22. The van der Waals surface area contributed by atoms with Crippen LogP contribution in [0.15, 0.2) is 30.3 Å². The number of ketones is 1. The van der Waals surface area contributed by atoms with Crippen LogP contribution in [0.5, 0.6) is 0 Å². The van der Waals surface area contributed by atoms with Crippen molar-refractivity contribution < 1.29 is 4.79 Å². The summed E-state index contributed by atoms with van der Waals surface area (Å²) >= 11 is 0. The first-order valence-electron chi connectivity index (χ1n) is 6.03. The second-order valence-electron chi connectivity index (χ2n) is 5.46. The molecule has 0 spiro atoms. The van der Waals surface area contributed by atoms with Gasteiger partial charge in [0.25, 0.3) is 0 Å². The van der Waals surface area contributed by atoms with Crippen LogP contribution in [0, 0.1) is 11.3 Å². The van der Waals surface area contributed by atoms with E-state index in [0.717, 1.165) is 12.0 Å². The van der Waals surface area contributed by atoms with E-state index in [1.165, 1.54) is 0 Å². The van der Waals surface area contributed by atoms with Crippen LogP contribution in [0.3, 0.4) is 0 Å². The van der Waals surface area contributed by atoms with Crippen molar-refractivity contribution in [3.63, 3.8) is 0 Å². The van der Waals surface area contributed by atoms with E-state index >= 15 is 0 Å². The zero-order valence-corrected chi connectivity index (χ0v) is 10.8. The van der Waals surface area contributed by atoms with Gasteiger partial charge in [-0.05, 0) is 11.3 Å². The van der Waals surface area contributed by atoms with Gasteiger partial charge >= 0.3 is 0 Å². The smallest absolute Gasteiger partial charge is 0.163 e. The Bertz CT molecular complexity index is 332. The van der Waals surface area contributed by atoms with Gasteiger partial charge in [0, 0.05) is 12.0 Å². The zero-order valence-electron chi connectivity index (χ0n) is 10.8. The Hall–Kier alpha value is -1.11. The minimum atomic E-state index is 0.208. The highest BCUT2D eigenvalue weighted by molar-refractivity contribution is 5.96. The Balaban J connectivity index is 2.71. The largest absolute Gasteiger partial charge is 0.294 e. The van der Waals surface area contributed by atoms with Crippen molar-refractivity contribution in [3.05, 3.63) is 35.9 Å². The van der Waals surface area contributed by atoms with Gasteiger partial charge in [-0.3, -0.25) is 4.79 Å². The molecule has 16 heavy (non-hydrogen) atoms. The lowest BCUT2D eigenvalue weighted by molar-refractivity contribution is 0.0912. The third kappa shape index (κ3) is 3.48. The van der Waals surface area contributed by atoms with E-state index in [-0.39, 0.29) is 11.2 Å². The second-order valence-corrected chi connectivity index (χ2v) is 5.46. The van der Waals surface area contributed by atoms with Crippen molar-refractivity contribution in [2.45, 2.75) is 40.5 Å². The topological polar surface area (TPSA) is 17.1 Å². The Morgan fingerprint density at radius 3 is 2.19 bits per heavy atom. The van der Waals surface area contributed by atoms with Crippen LogP contribution in [0.4, 0.5) is 0 Å². The summed E-state index contributed by atoms with van der Waals surface area (Å²) in [6.07, 6.45) is 1.71. The molecule has 0 radical (unpaired) electrons. The third-order valence-corrected chi connectivity index (χ3v) is 3.25. The third-order valence-electron chi connectivity index (χ3n) is 3.25. The molecule has 1 unspecified atom stereocenters. The van der Waals surface area contributed by atoms with Gasteiger partial charge < -0.3 is 0 Å². The number of benzene rings is 1. The number of hydrogen-bond acceptors (Lipinski definition) is 1. The second kappa shape index (κ2) is 5.29. The highest BCUT2D eigenvalue weighted by atomic mass is 16.1. The molecule has 1 heteroatoms. The molecule has 0 bridgehead atoms. The van der Waals surface area contributed by atoms with E-state index in [1.54, 1.807) is 0 Å². The molecule has 0 heterocycles. The molecule has 0 aliphatic heterocycles. The number of carbonyl (C=O) groups is 1. The molecule has 0 N–H and O–H groups in total. The summed E-state index contributed by atoms with van der Waals surface area (Å²) in [6.45, 7) is 8.78. The summed E-state index contributed by atoms with van der Waals surface area (Å²) in [4.78, 5) is 12.1. The monoisotopic (exact) mass is 218 g/mol. The number of carbonyl (C=O) groups excluding carboxylic acids is 1. The molecule has 0 aliphatic rings.